The number of hydrogen-bond acceptors (Lipinski definition) is 3. The number of aryl methyl sites for hydroxylation is 2. The Labute approximate surface area is 223 Å². The molecule has 0 bridgehead atoms. The molecular formula is C25H30KNO3-2. The summed E-state index contributed by atoms with van der Waals surface area (Å²) in [7, 11) is 1.64. The van der Waals surface area contributed by atoms with E-state index in [9.17, 15) is 9.59 Å². The first-order chi connectivity index (χ1) is 14.0. The molecular weight excluding hydrogens is 401 g/mol. The van der Waals surface area contributed by atoms with Crippen molar-refractivity contribution in [3.8, 4) is 5.75 Å². The number of carbonyl (C=O) groups excluding carboxylic acids is 2. The van der Waals surface area contributed by atoms with Crippen LogP contribution in [0.1, 0.15) is 54.9 Å². The summed E-state index contributed by atoms with van der Waals surface area (Å²) >= 11 is 0. The Balaban J connectivity index is 0.000000324. The summed E-state index contributed by atoms with van der Waals surface area (Å²) in [5, 5.41) is 2.98. The maximum absolute atomic E-state index is 12.1. The van der Waals surface area contributed by atoms with Crippen molar-refractivity contribution in [3.05, 3.63) is 72.0 Å². The molecule has 1 amide bonds. The van der Waals surface area contributed by atoms with Crippen LogP contribution in [-0.4, -0.2) is 19.3 Å². The van der Waals surface area contributed by atoms with Gasteiger partial charge in [0.25, 0.3) is 0 Å². The van der Waals surface area contributed by atoms with Crippen LogP contribution in [-0.2, 0) is 16.0 Å². The molecule has 1 N–H and O–H groups in total. The van der Waals surface area contributed by atoms with Crippen molar-refractivity contribution in [1.29, 1.82) is 0 Å². The molecule has 2 aromatic rings. The van der Waals surface area contributed by atoms with Crippen molar-refractivity contribution in [2.24, 2.45) is 5.92 Å². The molecule has 0 radical (unpaired) electrons. The molecule has 1 aliphatic carbocycles. The molecule has 2 aromatic carbocycles. The van der Waals surface area contributed by atoms with E-state index >= 15 is 0 Å². The Bertz CT molecular complexity index is 829. The van der Waals surface area contributed by atoms with Gasteiger partial charge in [-0.05, 0) is 24.8 Å². The standard InChI is InChI=1S/C15H20NO2.C10H10O.K/c1-11-8-9-13(10-14(11)18-2)16-15(17)12-6-4-3-5-7-12;1-3-9-5-4-6-10(7-11)8(9)2;/h3,8-10,12H,4-7H2,1-2H3,(H,16,17);4-6H,2-3H2,1H3;/q-1;-2;+1. The van der Waals surface area contributed by atoms with E-state index in [1.54, 1.807) is 13.2 Å². The second-order valence-electron chi connectivity index (χ2n) is 7.21. The third-order valence-electron chi connectivity index (χ3n) is 5.25. The van der Waals surface area contributed by atoms with E-state index in [0.29, 0.717) is 5.56 Å². The zero-order valence-corrected chi connectivity index (χ0v) is 21.7. The largest absolute Gasteiger partial charge is 1.00 e. The Morgan fingerprint density at radius 3 is 2.57 bits per heavy atom. The Morgan fingerprint density at radius 2 is 1.97 bits per heavy atom. The summed E-state index contributed by atoms with van der Waals surface area (Å²) < 4.78 is 5.26. The number of amides is 1. The van der Waals surface area contributed by atoms with E-state index in [-0.39, 0.29) is 63.2 Å². The Hall–Kier alpha value is -1.11. The number of rotatable bonds is 5. The van der Waals surface area contributed by atoms with Crippen molar-refractivity contribution >= 4 is 17.9 Å². The molecule has 4 nitrogen and oxygen atoms in total. The third-order valence-corrected chi connectivity index (χ3v) is 5.25. The van der Waals surface area contributed by atoms with E-state index in [2.05, 4.69) is 18.7 Å². The van der Waals surface area contributed by atoms with Crippen molar-refractivity contribution in [2.75, 3.05) is 12.4 Å². The molecule has 0 aromatic heterocycles. The predicted octanol–water partition coefficient (Wildman–Crippen LogP) is 2.23. The van der Waals surface area contributed by atoms with Crippen LogP contribution in [0.2, 0.25) is 0 Å². The molecule has 0 spiro atoms. The van der Waals surface area contributed by atoms with Crippen LogP contribution in [0.4, 0.5) is 5.69 Å². The molecule has 0 atom stereocenters. The Kier molecular flexibility index (Phi) is 12.6. The normalized spacial score (nSPS) is 13.3. The minimum atomic E-state index is 0. The predicted molar refractivity (Wildman–Crippen MR) is 118 cm³/mol. The SMILES string of the molecule is COc1cc(NC(=O)C2CC[CH-]CC2)ccc1C.[CH2-]c1c([C-]=O)cccc1CC.[K+]. The number of hydrogen-bond donors (Lipinski definition) is 1. The number of ether oxygens (including phenoxy) is 1. The maximum Gasteiger partial charge on any atom is 1.00 e. The molecule has 0 unspecified atom stereocenters. The van der Waals surface area contributed by atoms with Crippen LogP contribution in [0.5, 0.6) is 5.75 Å². The fraction of sp³-hybridized carbons (Fsp3) is 0.360. The fourth-order valence-corrected chi connectivity index (χ4v) is 3.39. The molecule has 30 heavy (non-hydrogen) atoms. The van der Waals surface area contributed by atoms with E-state index in [1.165, 1.54) is 0 Å². The van der Waals surface area contributed by atoms with Gasteiger partial charge in [0, 0.05) is 17.7 Å². The van der Waals surface area contributed by atoms with E-state index in [1.807, 2.05) is 50.5 Å². The summed E-state index contributed by atoms with van der Waals surface area (Å²) in [5.74, 6) is 1.10. The van der Waals surface area contributed by atoms with Gasteiger partial charge in [0.05, 0.1) is 7.11 Å². The van der Waals surface area contributed by atoms with Gasteiger partial charge in [-0.2, -0.15) is 12.8 Å². The van der Waals surface area contributed by atoms with Crippen LogP contribution in [0.15, 0.2) is 36.4 Å². The number of methoxy groups -OCH3 is 1. The first kappa shape index (κ1) is 26.9. The van der Waals surface area contributed by atoms with Crippen molar-refractivity contribution < 1.29 is 65.7 Å². The van der Waals surface area contributed by atoms with Crippen LogP contribution in [0, 0.1) is 26.2 Å². The van der Waals surface area contributed by atoms with Gasteiger partial charge in [-0.25, -0.2) is 11.6 Å². The summed E-state index contributed by atoms with van der Waals surface area (Å²) in [5.41, 5.74) is 4.39. The Morgan fingerprint density at radius 1 is 1.27 bits per heavy atom. The fourth-order valence-electron chi connectivity index (χ4n) is 3.39. The van der Waals surface area contributed by atoms with E-state index in [4.69, 9.17) is 4.74 Å². The summed E-state index contributed by atoms with van der Waals surface area (Å²) in [6.07, 6.45) is 9.07. The van der Waals surface area contributed by atoms with Gasteiger partial charge in [-0.1, -0.05) is 32.3 Å². The van der Waals surface area contributed by atoms with Gasteiger partial charge >= 0.3 is 51.4 Å². The second-order valence-corrected chi connectivity index (χ2v) is 7.21. The van der Waals surface area contributed by atoms with Crippen molar-refractivity contribution in [2.45, 2.75) is 46.0 Å². The summed E-state index contributed by atoms with van der Waals surface area (Å²) in [4.78, 5) is 22.4. The average Bonchev–Trinajstić information content (AvgIpc) is 2.76. The maximum atomic E-state index is 12.1. The topological polar surface area (TPSA) is 55.4 Å². The molecule has 0 aliphatic heterocycles. The summed E-state index contributed by atoms with van der Waals surface area (Å²) in [6.45, 7) is 7.83. The van der Waals surface area contributed by atoms with Gasteiger partial charge in [0.15, 0.2) is 0 Å². The zero-order valence-electron chi connectivity index (χ0n) is 18.6. The van der Waals surface area contributed by atoms with Crippen LogP contribution < -0.4 is 61.4 Å². The second kappa shape index (κ2) is 14.0. The molecule has 1 aliphatic rings. The van der Waals surface area contributed by atoms with Crippen LogP contribution in [0.25, 0.3) is 0 Å². The zero-order chi connectivity index (χ0) is 21.2. The smallest absolute Gasteiger partial charge is 0.496 e. The number of nitrogens with one attached hydrogen (secondary N) is 1. The molecule has 5 heteroatoms. The van der Waals surface area contributed by atoms with Gasteiger partial charge in [0.1, 0.15) is 5.75 Å². The van der Waals surface area contributed by atoms with Crippen LogP contribution in [0.3, 0.4) is 0 Å². The minimum absolute atomic E-state index is 0. The quantitative estimate of drug-likeness (QED) is 0.584. The number of anilines is 1. The average molecular weight is 432 g/mol. The van der Waals surface area contributed by atoms with E-state index < -0.39 is 0 Å². The first-order valence-electron chi connectivity index (χ1n) is 10.1. The first-order valence-corrected chi connectivity index (χ1v) is 10.1. The van der Waals surface area contributed by atoms with Gasteiger partial charge in [0.2, 0.25) is 5.91 Å². The van der Waals surface area contributed by atoms with Crippen molar-refractivity contribution in [1.82, 2.24) is 0 Å². The van der Waals surface area contributed by atoms with Gasteiger partial charge in [-0.3, -0.25) is 22.8 Å². The van der Waals surface area contributed by atoms with Gasteiger partial charge < -0.3 is 21.3 Å². The molecule has 3 rings (SSSR count). The number of benzene rings is 2. The number of carbonyl (C=O) groups is 1. The molecule has 1 fully saturated rings. The molecule has 156 valence electrons. The molecule has 1 saturated carbocycles. The summed E-state index contributed by atoms with van der Waals surface area (Å²) in [6, 6.07) is 11.3. The monoisotopic (exact) mass is 431 g/mol. The van der Waals surface area contributed by atoms with Gasteiger partial charge in [-0.15, -0.1) is 12.1 Å². The molecule has 0 heterocycles. The van der Waals surface area contributed by atoms with Crippen LogP contribution >= 0.6 is 0 Å². The van der Waals surface area contributed by atoms with Crippen molar-refractivity contribution in [3.63, 3.8) is 0 Å². The third kappa shape index (κ3) is 7.86. The minimum Gasteiger partial charge on any atom is -0.496 e. The molecule has 0 saturated heterocycles. The van der Waals surface area contributed by atoms with E-state index in [0.717, 1.165) is 60.2 Å².